The van der Waals surface area contributed by atoms with E-state index in [0.717, 1.165) is 36.1 Å². The van der Waals surface area contributed by atoms with Crippen LogP contribution in [0.4, 0.5) is 5.69 Å². The molecule has 0 aliphatic rings. The highest BCUT2D eigenvalue weighted by molar-refractivity contribution is 6.31. The first kappa shape index (κ1) is 13.1. The Bertz CT molecular complexity index is 527. The molecular formula is C14H18ClN3. The minimum Gasteiger partial charge on any atom is -0.384 e. The van der Waals surface area contributed by atoms with Crippen molar-refractivity contribution in [1.29, 1.82) is 0 Å². The highest BCUT2D eigenvalue weighted by Crippen LogP contribution is 2.24. The molecular weight excluding hydrogens is 246 g/mol. The lowest BCUT2D eigenvalue weighted by Gasteiger charge is -2.14. The Morgan fingerprint density at radius 3 is 3.00 bits per heavy atom. The lowest BCUT2D eigenvalue weighted by molar-refractivity contribution is 0.568. The minimum atomic E-state index is 0.561. The van der Waals surface area contributed by atoms with Crippen molar-refractivity contribution in [3.05, 3.63) is 35.5 Å². The van der Waals surface area contributed by atoms with Gasteiger partial charge in [-0.1, -0.05) is 18.5 Å². The molecule has 1 unspecified atom stereocenters. The van der Waals surface area contributed by atoms with Crippen LogP contribution < -0.4 is 11.1 Å². The summed E-state index contributed by atoms with van der Waals surface area (Å²) in [6.07, 6.45) is 2.83. The van der Waals surface area contributed by atoms with Gasteiger partial charge < -0.3 is 11.1 Å². The molecule has 4 heteroatoms. The van der Waals surface area contributed by atoms with Crippen LogP contribution in [0, 0.1) is 5.92 Å². The monoisotopic (exact) mass is 263 g/mol. The van der Waals surface area contributed by atoms with Gasteiger partial charge in [-0.2, -0.15) is 0 Å². The van der Waals surface area contributed by atoms with Crippen LogP contribution in [0.1, 0.15) is 13.3 Å². The summed E-state index contributed by atoms with van der Waals surface area (Å²) in [5.74, 6) is 0.561. The number of aromatic nitrogens is 1. The average molecular weight is 264 g/mol. The second kappa shape index (κ2) is 6.03. The molecule has 96 valence electrons. The Morgan fingerprint density at radius 2 is 2.22 bits per heavy atom. The van der Waals surface area contributed by atoms with Crippen molar-refractivity contribution in [3.63, 3.8) is 0 Å². The summed E-state index contributed by atoms with van der Waals surface area (Å²) < 4.78 is 0. The topological polar surface area (TPSA) is 50.9 Å². The van der Waals surface area contributed by atoms with Gasteiger partial charge in [0.25, 0.3) is 0 Å². The Labute approximate surface area is 112 Å². The third-order valence-electron chi connectivity index (χ3n) is 3.01. The van der Waals surface area contributed by atoms with Crippen LogP contribution in [-0.4, -0.2) is 18.1 Å². The van der Waals surface area contributed by atoms with Gasteiger partial charge in [0.15, 0.2) is 0 Å². The number of hydrogen-bond donors (Lipinski definition) is 2. The van der Waals surface area contributed by atoms with E-state index < -0.39 is 0 Å². The van der Waals surface area contributed by atoms with Gasteiger partial charge in [0.2, 0.25) is 0 Å². The number of hydrogen-bond acceptors (Lipinski definition) is 3. The first-order chi connectivity index (χ1) is 8.70. The van der Waals surface area contributed by atoms with E-state index in [1.807, 2.05) is 24.3 Å². The molecule has 0 fully saturated rings. The van der Waals surface area contributed by atoms with E-state index in [0.29, 0.717) is 10.9 Å². The van der Waals surface area contributed by atoms with Crippen molar-refractivity contribution in [1.82, 2.24) is 4.98 Å². The number of nitrogens with two attached hydrogens (primary N) is 1. The summed E-state index contributed by atoms with van der Waals surface area (Å²) in [5.41, 5.74) is 7.57. The lowest BCUT2D eigenvalue weighted by Crippen LogP contribution is -2.15. The number of halogens is 1. The van der Waals surface area contributed by atoms with Crippen molar-refractivity contribution in [2.24, 2.45) is 11.7 Å². The third-order valence-corrected chi connectivity index (χ3v) is 3.24. The molecule has 2 rings (SSSR count). The van der Waals surface area contributed by atoms with Crippen LogP contribution in [0.3, 0.4) is 0 Å². The fourth-order valence-corrected chi connectivity index (χ4v) is 2.11. The van der Waals surface area contributed by atoms with Crippen molar-refractivity contribution in [3.8, 4) is 0 Å². The Kier molecular flexibility index (Phi) is 4.39. The summed E-state index contributed by atoms with van der Waals surface area (Å²) in [5, 5.41) is 5.26. The first-order valence-corrected chi connectivity index (χ1v) is 6.56. The Hall–Kier alpha value is -1.32. The lowest BCUT2D eigenvalue weighted by atomic mass is 10.1. The molecule has 0 saturated carbocycles. The molecule has 0 amide bonds. The van der Waals surface area contributed by atoms with E-state index in [4.69, 9.17) is 17.3 Å². The molecule has 2 aromatic rings. The molecule has 1 atom stereocenters. The number of benzene rings is 1. The SMILES string of the molecule is CC(CCN)CNc1ccnc2cc(Cl)ccc12. The van der Waals surface area contributed by atoms with Gasteiger partial charge in [0.05, 0.1) is 5.52 Å². The smallest absolute Gasteiger partial charge is 0.0737 e. The molecule has 1 heterocycles. The highest BCUT2D eigenvalue weighted by atomic mass is 35.5. The molecule has 0 radical (unpaired) electrons. The molecule has 1 aromatic carbocycles. The molecule has 0 aliphatic carbocycles. The van der Waals surface area contributed by atoms with Crippen molar-refractivity contribution < 1.29 is 0 Å². The average Bonchev–Trinajstić information content (AvgIpc) is 2.36. The van der Waals surface area contributed by atoms with Crippen LogP contribution in [0.15, 0.2) is 30.5 Å². The number of nitrogens with zero attached hydrogens (tertiary/aromatic N) is 1. The number of rotatable bonds is 5. The molecule has 0 aliphatic heterocycles. The molecule has 0 bridgehead atoms. The van der Waals surface area contributed by atoms with Crippen molar-refractivity contribution >= 4 is 28.2 Å². The van der Waals surface area contributed by atoms with Crippen LogP contribution >= 0.6 is 11.6 Å². The summed E-state index contributed by atoms with van der Waals surface area (Å²) in [7, 11) is 0. The van der Waals surface area contributed by atoms with Gasteiger partial charge in [-0.05, 0) is 43.1 Å². The van der Waals surface area contributed by atoms with Crippen LogP contribution in [-0.2, 0) is 0 Å². The quantitative estimate of drug-likeness (QED) is 0.870. The Balaban J connectivity index is 2.18. The van der Waals surface area contributed by atoms with Crippen LogP contribution in [0.25, 0.3) is 10.9 Å². The number of nitrogens with one attached hydrogen (secondary N) is 1. The largest absolute Gasteiger partial charge is 0.384 e. The predicted octanol–water partition coefficient (Wildman–Crippen LogP) is 3.29. The molecule has 1 aromatic heterocycles. The molecule has 3 N–H and O–H groups in total. The Morgan fingerprint density at radius 1 is 1.39 bits per heavy atom. The summed E-state index contributed by atoms with van der Waals surface area (Å²) >= 11 is 5.97. The molecule has 0 saturated heterocycles. The van der Waals surface area contributed by atoms with Gasteiger partial charge in [-0.15, -0.1) is 0 Å². The standard InChI is InChI=1S/C14H18ClN3/c1-10(4-6-16)9-18-13-5-7-17-14-8-11(15)2-3-12(13)14/h2-3,5,7-8,10H,4,6,9,16H2,1H3,(H,17,18). The fourth-order valence-electron chi connectivity index (χ4n) is 1.95. The molecule has 18 heavy (non-hydrogen) atoms. The van der Waals surface area contributed by atoms with E-state index in [1.165, 1.54) is 0 Å². The molecule has 3 nitrogen and oxygen atoms in total. The maximum Gasteiger partial charge on any atom is 0.0737 e. The second-order valence-corrected chi connectivity index (χ2v) is 5.02. The predicted molar refractivity (Wildman–Crippen MR) is 78.1 cm³/mol. The fraction of sp³-hybridized carbons (Fsp3) is 0.357. The van der Waals surface area contributed by atoms with Crippen LogP contribution in [0.5, 0.6) is 0 Å². The minimum absolute atomic E-state index is 0.561. The van der Waals surface area contributed by atoms with E-state index in [1.54, 1.807) is 6.20 Å². The zero-order valence-electron chi connectivity index (χ0n) is 10.5. The number of fused-ring (bicyclic) bond motifs is 1. The third kappa shape index (κ3) is 3.12. The summed E-state index contributed by atoms with van der Waals surface area (Å²) in [6, 6.07) is 7.76. The maximum atomic E-state index is 5.97. The summed E-state index contributed by atoms with van der Waals surface area (Å²) in [4.78, 5) is 4.32. The highest BCUT2D eigenvalue weighted by Gasteiger charge is 2.04. The van der Waals surface area contributed by atoms with E-state index in [-0.39, 0.29) is 0 Å². The normalized spacial score (nSPS) is 12.6. The van der Waals surface area contributed by atoms with E-state index in [2.05, 4.69) is 17.2 Å². The molecule has 0 spiro atoms. The zero-order valence-corrected chi connectivity index (χ0v) is 11.2. The van der Waals surface area contributed by atoms with Crippen molar-refractivity contribution in [2.45, 2.75) is 13.3 Å². The van der Waals surface area contributed by atoms with Gasteiger partial charge in [0, 0.05) is 28.8 Å². The first-order valence-electron chi connectivity index (χ1n) is 6.19. The van der Waals surface area contributed by atoms with Gasteiger partial charge in [-0.3, -0.25) is 4.98 Å². The van der Waals surface area contributed by atoms with Crippen LogP contribution in [0.2, 0.25) is 5.02 Å². The summed E-state index contributed by atoms with van der Waals surface area (Å²) in [6.45, 7) is 3.84. The zero-order chi connectivity index (χ0) is 13.0. The van der Waals surface area contributed by atoms with Crippen molar-refractivity contribution in [2.75, 3.05) is 18.4 Å². The van der Waals surface area contributed by atoms with Gasteiger partial charge >= 0.3 is 0 Å². The second-order valence-electron chi connectivity index (χ2n) is 4.58. The van der Waals surface area contributed by atoms with E-state index in [9.17, 15) is 0 Å². The number of pyridine rings is 1. The van der Waals surface area contributed by atoms with Gasteiger partial charge in [-0.25, -0.2) is 0 Å². The van der Waals surface area contributed by atoms with E-state index >= 15 is 0 Å². The maximum absolute atomic E-state index is 5.97. The van der Waals surface area contributed by atoms with Gasteiger partial charge in [0.1, 0.15) is 0 Å². The number of anilines is 1.